The number of nitrogens with zero attached hydrogens (tertiary/aromatic N) is 5. The van der Waals surface area contributed by atoms with Gasteiger partial charge in [-0.3, -0.25) is 4.57 Å². The van der Waals surface area contributed by atoms with E-state index < -0.39 is 0 Å². The van der Waals surface area contributed by atoms with Crippen LogP contribution in [-0.2, 0) is 5.75 Å². The van der Waals surface area contributed by atoms with Gasteiger partial charge in [-0.25, -0.2) is 0 Å². The molecule has 148 valence electrons. The van der Waals surface area contributed by atoms with Crippen molar-refractivity contribution in [2.24, 2.45) is 0 Å². The third-order valence-corrected chi connectivity index (χ3v) is 5.19. The average Bonchev–Trinajstić information content (AvgIpc) is 3.34. The van der Waals surface area contributed by atoms with Crippen molar-refractivity contribution in [1.82, 2.24) is 24.9 Å². The summed E-state index contributed by atoms with van der Waals surface area (Å²) < 4.78 is 12.9. The van der Waals surface area contributed by atoms with Gasteiger partial charge in [0.1, 0.15) is 11.6 Å². The summed E-state index contributed by atoms with van der Waals surface area (Å²) in [7, 11) is 0. The van der Waals surface area contributed by atoms with Crippen LogP contribution in [-0.4, -0.2) is 31.5 Å². The van der Waals surface area contributed by atoms with Gasteiger partial charge in [-0.2, -0.15) is 4.98 Å². The van der Waals surface area contributed by atoms with E-state index in [9.17, 15) is 0 Å². The molecule has 0 aliphatic carbocycles. The van der Waals surface area contributed by atoms with Gasteiger partial charge in [0.15, 0.2) is 5.16 Å². The number of rotatable bonds is 7. The lowest BCUT2D eigenvalue weighted by molar-refractivity contribution is 0.340. The van der Waals surface area contributed by atoms with Crippen LogP contribution in [0.25, 0.3) is 17.1 Å². The van der Waals surface area contributed by atoms with Crippen LogP contribution in [0.5, 0.6) is 5.75 Å². The highest BCUT2D eigenvalue weighted by Crippen LogP contribution is 2.26. The fraction of sp³-hybridized carbons (Fsp3) is 0.238. The van der Waals surface area contributed by atoms with Gasteiger partial charge in [0.25, 0.3) is 0 Å². The molecular weight excluding hydrogens is 386 g/mol. The zero-order valence-electron chi connectivity index (χ0n) is 16.5. The Balaban J connectivity index is 1.48. The first kappa shape index (κ1) is 19.2. The van der Waals surface area contributed by atoms with Gasteiger partial charge < -0.3 is 9.26 Å². The lowest BCUT2D eigenvalue weighted by Gasteiger charge is -2.08. The standard InChI is InChI=1S/C21H21N5O2S/c1-4-27-18-10-8-16(9-11-18)20-22-19(28-25-20)13-29-21-24-23-15(3)26(21)17-7-5-6-14(2)12-17/h5-12H,4,13H2,1-3H3. The maximum atomic E-state index is 5.46. The number of hydrogen-bond acceptors (Lipinski definition) is 7. The highest BCUT2D eigenvalue weighted by Gasteiger charge is 2.15. The second-order valence-electron chi connectivity index (χ2n) is 6.46. The summed E-state index contributed by atoms with van der Waals surface area (Å²) in [5, 5.41) is 13.4. The SMILES string of the molecule is CCOc1ccc(-c2noc(CSc3nnc(C)n3-c3cccc(C)c3)n2)cc1. The minimum Gasteiger partial charge on any atom is -0.494 e. The molecule has 2 aromatic carbocycles. The lowest BCUT2D eigenvalue weighted by atomic mass is 10.2. The molecule has 0 saturated heterocycles. The van der Waals surface area contributed by atoms with Gasteiger partial charge in [0, 0.05) is 11.3 Å². The van der Waals surface area contributed by atoms with E-state index in [4.69, 9.17) is 9.26 Å². The van der Waals surface area contributed by atoms with Crippen molar-refractivity contribution in [1.29, 1.82) is 0 Å². The molecule has 0 aliphatic heterocycles. The van der Waals surface area contributed by atoms with Crippen molar-refractivity contribution in [3.8, 4) is 22.8 Å². The number of ether oxygens (including phenoxy) is 1. The Morgan fingerprint density at radius 1 is 1.07 bits per heavy atom. The molecule has 0 fully saturated rings. The molecule has 0 atom stereocenters. The maximum Gasteiger partial charge on any atom is 0.237 e. The molecule has 0 unspecified atom stereocenters. The summed E-state index contributed by atoms with van der Waals surface area (Å²) in [6.07, 6.45) is 0. The zero-order valence-corrected chi connectivity index (χ0v) is 17.3. The summed E-state index contributed by atoms with van der Waals surface area (Å²) in [6, 6.07) is 15.9. The van der Waals surface area contributed by atoms with Crippen molar-refractivity contribution in [3.05, 3.63) is 65.8 Å². The van der Waals surface area contributed by atoms with Crippen LogP contribution in [0.3, 0.4) is 0 Å². The van der Waals surface area contributed by atoms with Crippen LogP contribution < -0.4 is 4.74 Å². The summed E-state index contributed by atoms with van der Waals surface area (Å²) in [5.74, 6) is 3.25. The number of aromatic nitrogens is 5. The topological polar surface area (TPSA) is 78.9 Å². The maximum absolute atomic E-state index is 5.46. The largest absolute Gasteiger partial charge is 0.494 e. The molecule has 2 aromatic heterocycles. The Morgan fingerprint density at radius 3 is 2.66 bits per heavy atom. The molecule has 4 aromatic rings. The number of hydrogen-bond donors (Lipinski definition) is 0. The van der Waals surface area contributed by atoms with Crippen LogP contribution in [0.1, 0.15) is 24.2 Å². The predicted octanol–water partition coefficient (Wildman–Crippen LogP) is 4.63. The molecule has 0 amide bonds. The van der Waals surface area contributed by atoms with Crippen molar-refractivity contribution < 1.29 is 9.26 Å². The third kappa shape index (κ3) is 4.32. The van der Waals surface area contributed by atoms with Crippen molar-refractivity contribution >= 4 is 11.8 Å². The molecule has 0 N–H and O–H groups in total. The van der Waals surface area contributed by atoms with E-state index in [1.165, 1.54) is 17.3 Å². The van der Waals surface area contributed by atoms with E-state index in [1.54, 1.807) is 0 Å². The molecule has 7 nitrogen and oxygen atoms in total. The summed E-state index contributed by atoms with van der Waals surface area (Å²) in [6.45, 7) is 6.60. The highest BCUT2D eigenvalue weighted by molar-refractivity contribution is 7.98. The van der Waals surface area contributed by atoms with Gasteiger partial charge in [-0.15, -0.1) is 10.2 Å². The summed E-state index contributed by atoms with van der Waals surface area (Å²) in [5.41, 5.74) is 3.10. The van der Waals surface area contributed by atoms with Gasteiger partial charge >= 0.3 is 0 Å². The van der Waals surface area contributed by atoms with Crippen LogP contribution >= 0.6 is 11.8 Å². The predicted molar refractivity (Wildman–Crippen MR) is 111 cm³/mol. The average molecular weight is 407 g/mol. The Morgan fingerprint density at radius 2 is 1.90 bits per heavy atom. The summed E-state index contributed by atoms with van der Waals surface area (Å²) >= 11 is 1.51. The first-order chi connectivity index (χ1) is 14.1. The molecule has 0 radical (unpaired) electrons. The second-order valence-corrected chi connectivity index (χ2v) is 7.40. The molecule has 2 heterocycles. The number of benzene rings is 2. The highest BCUT2D eigenvalue weighted by atomic mass is 32.2. The van der Waals surface area contributed by atoms with Crippen molar-refractivity contribution in [3.63, 3.8) is 0 Å². The normalized spacial score (nSPS) is 11.0. The molecule has 0 saturated carbocycles. The molecule has 0 aliphatic rings. The van der Waals surface area contributed by atoms with Gasteiger partial charge in [0.05, 0.1) is 12.4 Å². The Hall–Kier alpha value is -3.13. The molecule has 8 heteroatoms. The van der Waals surface area contributed by atoms with E-state index in [0.29, 0.717) is 24.1 Å². The molecule has 0 spiro atoms. The van der Waals surface area contributed by atoms with E-state index >= 15 is 0 Å². The monoisotopic (exact) mass is 407 g/mol. The molecule has 4 rings (SSSR count). The van der Waals surface area contributed by atoms with E-state index in [-0.39, 0.29) is 0 Å². The van der Waals surface area contributed by atoms with E-state index in [1.807, 2.05) is 54.8 Å². The second kappa shape index (κ2) is 8.48. The van der Waals surface area contributed by atoms with Crippen LogP contribution in [0.4, 0.5) is 0 Å². The number of aryl methyl sites for hydroxylation is 2. The smallest absolute Gasteiger partial charge is 0.237 e. The minimum atomic E-state index is 0.508. The molecule has 29 heavy (non-hydrogen) atoms. The van der Waals surface area contributed by atoms with Gasteiger partial charge in [-0.1, -0.05) is 29.1 Å². The summed E-state index contributed by atoms with van der Waals surface area (Å²) in [4.78, 5) is 4.50. The third-order valence-electron chi connectivity index (χ3n) is 4.27. The first-order valence-electron chi connectivity index (χ1n) is 9.31. The Kier molecular flexibility index (Phi) is 5.62. The van der Waals surface area contributed by atoms with Crippen molar-refractivity contribution in [2.45, 2.75) is 31.7 Å². The van der Waals surface area contributed by atoms with Crippen molar-refractivity contribution in [2.75, 3.05) is 6.61 Å². The van der Waals surface area contributed by atoms with E-state index in [0.717, 1.165) is 28.0 Å². The van der Waals surface area contributed by atoms with E-state index in [2.05, 4.69) is 39.4 Å². The lowest BCUT2D eigenvalue weighted by Crippen LogP contribution is -1.99. The minimum absolute atomic E-state index is 0.508. The quantitative estimate of drug-likeness (QED) is 0.413. The van der Waals surface area contributed by atoms with Gasteiger partial charge in [0.2, 0.25) is 11.7 Å². The first-order valence-corrected chi connectivity index (χ1v) is 10.3. The Labute approximate surface area is 173 Å². The zero-order chi connectivity index (χ0) is 20.2. The molecular formula is C21H21N5O2S. The fourth-order valence-electron chi connectivity index (χ4n) is 2.92. The Bertz CT molecular complexity index is 1100. The van der Waals surface area contributed by atoms with Crippen LogP contribution in [0.15, 0.2) is 58.2 Å². The van der Waals surface area contributed by atoms with Crippen LogP contribution in [0, 0.1) is 13.8 Å². The number of thioether (sulfide) groups is 1. The fourth-order valence-corrected chi connectivity index (χ4v) is 3.76. The van der Waals surface area contributed by atoms with Gasteiger partial charge in [-0.05, 0) is 62.7 Å². The molecule has 0 bridgehead atoms. The van der Waals surface area contributed by atoms with Crippen LogP contribution in [0.2, 0.25) is 0 Å².